The van der Waals surface area contributed by atoms with E-state index in [2.05, 4.69) is 34.2 Å². The van der Waals surface area contributed by atoms with Gasteiger partial charge in [-0.05, 0) is 13.3 Å². The number of nitrogens with zero attached hydrogens (tertiary/aromatic N) is 5. The van der Waals surface area contributed by atoms with Gasteiger partial charge in [-0.2, -0.15) is 0 Å². The number of hydrogen-bond acceptors (Lipinski definition) is 5. The lowest BCUT2D eigenvalue weighted by Crippen LogP contribution is -2.44. The normalized spacial score (nSPS) is 16.6. The maximum Gasteiger partial charge on any atom is 0.175 e. The van der Waals surface area contributed by atoms with Gasteiger partial charge in [0.05, 0.1) is 0 Å². The summed E-state index contributed by atoms with van der Waals surface area (Å²) < 4.78 is 2.03. The first-order chi connectivity index (χ1) is 8.78. The maximum atomic E-state index is 4.73. The standard InChI is InChI=1S/C12H17N5S.ClH/c1-15-5-7-16(8-6-15)11-9-10-13-3-4-17(10)12(14-11)18-2;/h3-4,9H,5-8H2,1-2H3;1H. The van der Waals surface area contributed by atoms with Crippen molar-refractivity contribution in [3.05, 3.63) is 18.5 Å². The Kier molecular flexibility index (Phi) is 4.54. The Labute approximate surface area is 123 Å². The second kappa shape index (κ2) is 5.98. The fourth-order valence-electron chi connectivity index (χ4n) is 2.22. The van der Waals surface area contributed by atoms with Crippen molar-refractivity contribution in [2.45, 2.75) is 5.16 Å². The highest BCUT2D eigenvalue weighted by molar-refractivity contribution is 7.98. The van der Waals surface area contributed by atoms with Crippen LogP contribution in [0.4, 0.5) is 5.82 Å². The zero-order valence-corrected chi connectivity index (χ0v) is 12.7. The van der Waals surface area contributed by atoms with Crippen molar-refractivity contribution >= 4 is 35.6 Å². The van der Waals surface area contributed by atoms with E-state index in [0.717, 1.165) is 42.8 Å². The van der Waals surface area contributed by atoms with Gasteiger partial charge in [0.15, 0.2) is 5.16 Å². The molecule has 1 aliphatic rings. The van der Waals surface area contributed by atoms with E-state index in [1.165, 1.54) is 0 Å². The molecule has 104 valence electrons. The van der Waals surface area contributed by atoms with E-state index >= 15 is 0 Å². The smallest absolute Gasteiger partial charge is 0.175 e. The Morgan fingerprint density at radius 2 is 1.95 bits per heavy atom. The summed E-state index contributed by atoms with van der Waals surface area (Å²) >= 11 is 1.66. The lowest BCUT2D eigenvalue weighted by molar-refractivity contribution is 0.312. The summed E-state index contributed by atoms with van der Waals surface area (Å²) in [7, 11) is 2.16. The lowest BCUT2D eigenvalue weighted by atomic mass is 10.3. The summed E-state index contributed by atoms with van der Waals surface area (Å²) in [4.78, 5) is 13.8. The van der Waals surface area contributed by atoms with E-state index in [-0.39, 0.29) is 12.4 Å². The summed E-state index contributed by atoms with van der Waals surface area (Å²) in [5.41, 5.74) is 0.975. The Balaban J connectivity index is 0.00000133. The zero-order valence-electron chi connectivity index (χ0n) is 11.1. The highest BCUT2D eigenvalue weighted by atomic mass is 35.5. The molecule has 0 aliphatic carbocycles. The molecule has 5 nitrogen and oxygen atoms in total. The van der Waals surface area contributed by atoms with Gasteiger partial charge in [-0.15, -0.1) is 12.4 Å². The lowest BCUT2D eigenvalue weighted by Gasteiger charge is -2.33. The largest absolute Gasteiger partial charge is 0.354 e. The van der Waals surface area contributed by atoms with E-state index in [4.69, 9.17) is 4.98 Å². The molecule has 0 aromatic carbocycles. The maximum absolute atomic E-state index is 4.73. The molecule has 0 radical (unpaired) electrons. The summed E-state index contributed by atoms with van der Waals surface area (Å²) in [6.07, 6.45) is 5.84. The number of thioether (sulfide) groups is 1. The molecule has 19 heavy (non-hydrogen) atoms. The molecule has 3 heterocycles. The first-order valence-electron chi connectivity index (χ1n) is 6.09. The van der Waals surface area contributed by atoms with E-state index in [0.29, 0.717) is 0 Å². The van der Waals surface area contributed by atoms with Crippen molar-refractivity contribution in [1.29, 1.82) is 0 Å². The number of piperazine rings is 1. The van der Waals surface area contributed by atoms with Gasteiger partial charge in [-0.1, -0.05) is 11.8 Å². The molecule has 0 spiro atoms. The van der Waals surface area contributed by atoms with Crippen LogP contribution >= 0.6 is 24.2 Å². The van der Waals surface area contributed by atoms with Gasteiger partial charge in [0.25, 0.3) is 0 Å². The van der Waals surface area contributed by atoms with Gasteiger partial charge in [-0.25, -0.2) is 9.97 Å². The first-order valence-corrected chi connectivity index (χ1v) is 7.32. The summed E-state index contributed by atoms with van der Waals surface area (Å²) in [5.74, 6) is 1.05. The molecule has 2 aromatic heterocycles. The van der Waals surface area contributed by atoms with Crippen molar-refractivity contribution in [3.8, 4) is 0 Å². The average Bonchev–Trinajstić information content (AvgIpc) is 2.86. The van der Waals surface area contributed by atoms with Crippen molar-refractivity contribution in [1.82, 2.24) is 19.3 Å². The first kappa shape index (κ1) is 14.4. The number of aromatic nitrogens is 3. The van der Waals surface area contributed by atoms with Crippen LogP contribution in [0.25, 0.3) is 5.65 Å². The van der Waals surface area contributed by atoms with Gasteiger partial charge in [0.2, 0.25) is 0 Å². The SMILES string of the molecule is CSc1nc(N2CCN(C)CC2)cc2nccn12.Cl. The van der Waals surface area contributed by atoms with Crippen LogP contribution in [0.15, 0.2) is 23.6 Å². The highest BCUT2D eigenvalue weighted by Crippen LogP contribution is 2.21. The Morgan fingerprint density at radius 3 is 2.63 bits per heavy atom. The summed E-state index contributed by atoms with van der Waals surface area (Å²) in [5, 5.41) is 0.999. The highest BCUT2D eigenvalue weighted by Gasteiger charge is 2.17. The minimum atomic E-state index is 0. The fourth-order valence-corrected chi connectivity index (χ4v) is 2.76. The number of halogens is 1. The minimum Gasteiger partial charge on any atom is -0.354 e. The number of rotatable bonds is 2. The van der Waals surface area contributed by atoms with Crippen LogP contribution in [0.3, 0.4) is 0 Å². The zero-order chi connectivity index (χ0) is 12.5. The number of imidazole rings is 1. The van der Waals surface area contributed by atoms with Gasteiger partial charge in [0.1, 0.15) is 11.5 Å². The average molecular weight is 300 g/mol. The third-order valence-corrected chi connectivity index (χ3v) is 4.01. The van der Waals surface area contributed by atoms with Gasteiger partial charge in [-0.3, -0.25) is 4.40 Å². The van der Waals surface area contributed by atoms with Crippen LogP contribution in [0.5, 0.6) is 0 Å². The van der Waals surface area contributed by atoms with Crippen molar-refractivity contribution in [3.63, 3.8) is 0 Å². The number of anilines is 1. The molecule has 0 atom stereocenters. The topological polar surface area (TPSA) is 36.7 Å². The third-order valence-electron chi connectivity index (χ3n) is 3.35. The van der Waals surface area contributed by atoms with Crippen molar-refractivity contribution in [2.24, 2.45) is 0 Å². The van der Waals surface area contributed by atoms with Crippen LogP contribution in [0.1, 0.15) is 0 Å². The predicted molar refractivity (Wildman–Crippen MR) is 81.7 cm³/mol. The molecule has 1 saturated heterocycles. The van der Waals surface area contributed by atoms with E-state index < -0.39 is 0 Å². The van der Waals surface area contributed by atoms with E-state index in [1.54, 1.807) is 11.8 Å². The van der Waals surface area contributed by atoms with Crippen LogP contribution in [0.2, 0.25) is 0 Å². The summed E-state index contributed by atoms with van der Waals surface area (Å²) in [6.45, 7) is 4.26. The molecule has 0 unspecified atom stereocenters. The molecule has 0 amide bonds. The van der Waals surface area contributed by atoms with Crippen LogP contribution in [-0.4, -0.2) is 58.8 Å². The third kappa shape index (κ3) is 2.80. The molecule has 1 fully saturated rings. The van der Waals surface area contributed by atoms with Crippen molar-refractivity contribution < 1.29 is 0 Å². The van der Waals surface area contributed by atoms with Gasteiger partial charge >= 0.3 is 0 Å². The Morgan fingerprint density at radius 1 is 1.21 bits per heavy atom. The van der Waals surface area contributed by atoms with E-state index in [9.17, 15) is 0 Å². The van der Waals surface area contributed by atoms with Crippen LogP contribution in [-0.2, 0) is 0 Å². The number of likely N-dealkylation sites (N-methyl/N-ethyl adjacent to an activating group) is 1. The second-order valence-corrected chi connectivity index (χ2v) is 5.32. The molecular formula is C12H18ClN5S. The molecule has 0 bridgehead atoms. The molecule has 0 saturated carbocycles. The fraction of sp³-hybridized carbons (Fsp3) is 0.500. The van der Waals surface area contributed by atoms with Gasteiger partial charge in [0, 0.05) is 44.6 Å². The number of fused-ring (bicyclic) bond motifs is 1. The van der Waals surface area contributed by atoms with Crippen molar-refractivity contribution in [2.75, 3.05) is 44.4 Å². The molecule has 0 N–H and O–H groups in total. The summed E-state index contributed by atoms with van der Waals surface area (Å²) in [6, 6.07) is 2.07. The Hall–Kier alpha value is -0.980. The molecule has 2 aromatic rings. The van der Waals surface area contributed by atoms with Crippen LogP contribution < -0.4 is 4.90 Å². The van der Waals surface area contributed by atoms with Crippen LogP contribution in [0, 0.1) is 0 Å². The molecular weight excluding hydrogens is 282 g/mol. The Bertz CT molecular complexity index is 550. The molecule has 7 heteroatoms. The minimum absolute atomic E-state index is 0. The molecule has 3 rings (SSSR count). The monoisotopic (exact) mass is 299 g/mol. The van der Waals surface area contributed by atoms with Gasteiger partial charge < -0.3 is 9.80 Å². The molecule has 1 aliphatic heterocycles. The van der Waals surface area contributed by atoms with E-state index in [1.807, 2.05) is 16.8 Å². The predicted octanol–water partition coefficient (Wildman–Crippen LogP) is 1.62. The number of hydrogen-bond donors (Lipinski definition) is 0. The second-order valence-electron chi connectivity index (χ2n) is 4.55. The quantitative estimate of drug-likeness (QED) is 0.622.